The highest BCUT2D eigenvalue weighted by atomic mass is 32.2. The molecule has 0 bridgehead atoms. The zero-order valence-corrected chi connectivity index (χ0v) is 13.9. The molecule has 0 amide bonds. The van der Waals surface area contributed by atoms with E-state index in [0.29, 0.717) is 11.3 Å². The maximum Gasteiger partial charge on any atom is 0.232 e. The van der Waals surface area contributed by atoms with Crippen LogP contribution in [0, 0.1) is 6.92 Å². The lowest BCUT2D eigenvalue weighted by Crippen LogP contribution is -2.14. The number of ketones is 1. The third kappa shape index (κ3) is 4.79. The first kappa shape index (κ1) is 17.0. The van der Waals surface area contributed by atoms with Gasteiger partial charge in [-0.2, -0.15) is 0 Å². The molecule has 5 heteroatoms. The molecule has 0 saturated heterocycles. The van der Waals surface area contributed by atoms with E-state index in [1.165, 1.54) is 6.08 Å². The van der Waals surface area contributed by atoms with Gasteiger partial charge >= 0.3 is 0 Å². The Hall–Kier alpha value is -2.40. The molecule has 120 valence electrons. The molecule has 0 spiro atoms. The monoisotopic (exact) mass is 329 g/mol. The first-order chi connectivity index (χ1) is 10.9. The number of hydrogen-bond acceptors (Lipinski definition) is 3. The highest BCUT2D eigenvalue weighted by Crippen LogP contribution is 2.14. The third-order valence-electron chi connectivity index (χ3n) is 3.43. The van der Waals surface area contributed by atoms with Crippen LogP contribution >= 0.6 is 0 Å². The van der Waals surface area contributed by atoms with Gasteiger partial charge in [0.2, 0.25) is 10.0 Å². The largest absolute Gasteiger partial charge is 0.289 e. The molecule has 2 aromatic rings. The molecule has 1 N–H and O–H groups in total. The first-order valence-corrected chi connectivity index (χ1v) is 8.95. The molecule has 0 aliphatic heterocycles. The second-order valence-electron chi connectivity index (χ2n) is 5.14. The molecular weight excluding hydrogens is 310 g/mol. The fourth-order valence-electron chi connectivity index (χ4n) is 1.99. The van der Waals surface area contributed by atoms with Crippen LogP contribution in [0.25, 0.3) is 6.08 Å². The highest BCUT2D eigenvalue weighted by Gasteiger charge is 2.07. The second-order valence-corrected chi connectivity index (χ2v) is 7.15. The van der Waals surface area contributed by atoms with Crippen molar-refractivity contribution in [3.05, 3.63) is 71.3 Å². The third-order valence-corrected chi connectivity index (χ3v) is 4.73. The van der Waals surface area contributed by atoms with Gasteiger partial charge in [-0.15, -0.1) is 0 Å². The van der Waals surface area contributed by atoms with Gasteiger partial charge in [0.15, 0.2) is 5.78 Å². The number of rotatable bonds is 6. The molecule has 0 radical (unpaired) electrons. The summed E-state index contributed by atoms with van der Waals surface area (Å²) in [5.41, 5.74) is 3.05. The fraction of sp³-hybridized carbons (Fsp3) is 0.167. The minimum atomic E-state index is -3.31. The Bertz CT molecular complexity index is 822. The standard InChI is InChI=1S/C18H19NO3S/c1-3-23(21,22)19-17-11-8-16(9-12-17)18(20)13-10-15-7-5-4-6-14(15)2/h4-13,19H,3H2,1-2H3. The van der Waals surface area contributed by atoms with Gasteiger partial charge in [0.25, 0.3) is 0 Å². The molecule has 2 aromatic carbocycles. The molecule has 0 atom stereocenters. The van der Waals surface area contributed by atoms with Crippen molar-refractivity contribution in [3.8, 4) is 0 Å². The minimum Gasteiger partial charge on any atom is -0.289 e. The number of allylic oxidation sites excluding steroid dienone is 1. The van der Waals surface area contributed by atoms with Gasteiger partial charge in [0.05, 0.1) is 5.75 Å². The number of aryl methyl sites for hydroxylation is 1. The quantitative estimate of drug-likeness (QED) is 0.650. The van der Waals surface area contributed by atoms with Crippen molar-refractivity contribution in [1.82, 2.24) is 0 Å². The minimum absolute atomic E-state index is 0.00679. The number of sulfonamides is 1. The van der Waals surface area contributed by atoms with E-state index >= 15 is 0 Å². The van der Waals surface area contributed by atoms with E-state index in [9.17, 15) is 13.2 Å². The predicted octanol–water partition coefficient (Wildman–Crippen LogP) is 3.65. The smallest absolute Gasteiger partial charge is 0.232 e. The van der Waals surface area contributed by atoms with Gasteiger partial charge < -0.3 is 0 Å². The molecule has 23 heavy (non-hydrogen) atoms. The summed E-state index contributed by atoms with van der Waals surface area (Å²) in [5.74, 6) is -0.120. The van der Waals surface area contributed by atoms with E-state index in [4.69, 9.17) is 0 Å². The number of anilines is 1. The van der Waals surface area contributed by atoms with Crippen molar-refractivity contribution in [2.45, 2.75) is 13.8 Å². The Morgan fingerprint density at radius 2 is 1.74 bits per heavy atom. The van der Waals surface area contributed by atoms with Crippen molar-refractivity contribution in [3.63, 3.8) is 0 Å². The molecular formula is C18H19NO3S. The summed E-state index contributed by atoms with van der Waals surface area (Å²) in [4.78, 5) is 12.2. The Kier molecular flexibility index (Phi) is 5.34. The number of hydrogen-bond donors (Lipinski definition) is 1. The molecule has 0 heterocycles. The van der Waals surface area contributed by atoms with Crippen LogP contribution in [-0.2, 0) is 10.0 Å². The van der Waals surface area contributed by atoms with E-state index in [2.05, 4.69) is 4.72 Å². The summed E-state index contributed by atoms with van der Waals surface area (Å²) in [6.07, 6.45) is 3.30. The van der Waals surface area contributed by atoms with Gasteiger partial charge in [-0.1, -0.05) is 30.3 Å². The van der Waals surface area contributed by atoms with E-state index in [0.717, 1.165) is 11.1 Å². The molecule has 0 fully saturated rings. The lowest BCUT2D eigenvalue weighted by Gasteiger charge is -2.06. The first-order valence-electron chi connectivity index (χ1n) is 7.30. The van der Waals surface area contributed by atoms with Crippen molar-refractivity contribution in [2.24, 2.45) is 0 Å². The molecule has 0 aromatic heterocycles. The number of nitrogens with one attached hydrogen (secondary N) is 1. The van der Waals surface area contributed by atoms with Gasteiger partial charge in [0, 0.05) is 11.3 Å². The van der Waals surface area contributed by atoms with Crippen LogP contribution in [0.1, 0.15) is 28.4 Å². The normalized spacial score (nSPS) is 11.6. The second kappa shape index (κ2) is 7.24. The highest BCUT2D eigenvalue weighted by molar-refractivity contribution is 7.92. The van der Waals surface area contributed by atoms with Crippen molar-refractivity contribution < 1.29 is 13.2 Å². The zero-order valence-electron chi connectivity index (χ0n) is 13.1. The molecule has 0 saturated carbocycles. The topological polar surface area (TPSA) is 63.2 Å². The van der Waals surface area contributed by atoms with Crippen LogP contribution in [0.2, 0.25) is 0 Å². The lowest BCUT2D eigenvalue weighted by molar-refractivity contribution is 0.104. The van der Waals surface area contributed by atoms with E-state index in [1.54, 1.807) is 37.3 Å². The summed E-state index contributed by atoms with van der Waals surface area (Å²) in [7, 11) is -3.31. The van der Waals surface area contributed by atoms with E-state index in [-0.39, 0.29) is 11.5 Å². The van der Waals surface area contributed by atoms with Crippen LogP contribution in [-0.4, -0.2) is 20.0 Å². The molecule has 0 unspecified atom stereocenters. The van der Waals surface area contributed by atoms with Crippen molar-refractivity contribution >= 4 is 27.6 Å². The van der Waals surface area contributed by atoms with Gasteiger partial charge in [-0.25, -0.2) is 8.42 Å². The summed E-state index contributed by atoms with van der Waals surface area (Å²) >= 11 is 0. The number of benzene rings is 2. The Morgan fingerprint density at radius 3 is 2.35 bits per heavy atom. The van der Waals surface area contributed by atoms with Gasteiger partial charge in [0.1, 0.15) is 0 Å². The van der Waals surface area contributed by atoms with E-state index in [1.807, 2.05) is 31.2 Å². The number of carbonyl (C=O) groups excluding carboxylic acids is 1. The maximum atomic E-state index is 12.2. The van der Waals surface area contributed by atoms with Crippen LogP contribution in [0.4, 0.5) is 5.69 Å². The maximum absolute atomic E-state index is 12.2. The number of carbonyl (C=O) groups is 1. The Labute approximate surface area is 136 Å². The summed E-state index contributed by atoms with van der Waals surface area (Å²) in [6, 6.07) is 14.2. The molecule has 2 rings (SSSR count). The Morgan fingerprint density at radius 1 is 1.09 bits per heavy atom. The Balaban J connectivity index is 2.10. The summed E-state index contributed by atoms with van der Waals surface area (Å²) in [6.45, 7) is 3.55. The van der Waals surface area contributed by atoms with Crippen LogP contribution < -0.4 is 4.72 Å². The van der Waals surface area contributed by atoms with Crippen LogP contribution in [0.15, 0.2) is 54.6 Å². The van der Waals surface area contributed by atoms with Crippen LogP contribution in [0.3, 0.4) is 0 Å². The summed E-state index contributed by atoms with van der Waals surface area (Å²) < 4.78 is 25.4. The van der Waals surface area contributed by atoms with Gasteiger partial charge in [-0.05, 0) is 55.3 Å². The van der Waals surface area contributed by atoms with Crippen LogP contribution in [0.5, 0.6) is 0 Å². The molecule has 0 aliphatic rings. The average Bonchev–Trinajstić information content (AvgIpc) is 2.54. The zero-order chi connectivity index (χ0) is 16.9. The lowest BCUT2D eigenvalue weighted by atomic mass is 10.1. The fourth-order valence-corrected chi connectivity index (χ4v) is 2.63. The molecule has 4 nitrogen and oxygen atoms in total. The van der Waals surface area contributed by atoms with Crippen molar-refractivity contribution in [2.75, 3.05) is 10.5 Å². The summed E-state index contributed by atoms with van der Waals surface area (Å²) in [5, 5.41) is 0. The molecule has 0 aliphatic carbocycles. The predicted molar refractivity (Wildman–Crippen MR) is 94.1 cm³/mol. The van der Waals surface area contributed by atoms with Crippen molar-refractivity contribution in [1.29, 1.82) is 0 Å². The SMILES string of the molecule is CCS(=O)(=O)Nc1ccc(C(=O)C=Cc2ccccc2C)cc1. The average molecular weight is 329 g/mol. The van der Waals surface area contributed by atoms with E-state index < -0.39 is 10.0 Å². The van der Waals surface area contributed by atoms with Gasteiger partial charge in [-0.3, -0.25) is 9.52 Å².